The third kappa shape index (κ3) is 4.42. The maximum Gasteiger partial charge on any atom is 0.311 e. The van der Waals surface area contributed by atoms with Crippen molar-refractivity contribution in [3.05, 3.63) is 64.2 Å². The third-order valence-electron chi connectivity index (χ3n) is 6.14. The number of imidazole rings is 1. The molecule has 6 nitrogen and oxygen atoms in total. The molecule has 0 fully saturated rings. The van der Waals surface area contributed by atoms with Crippen molar-refractivity contribution in [2.75, 3.05) is 7.11 Å². The molecule has 34 heavy (non-hydrogen) atoms. The van der Waals surface area contributed by atoms with Gasteiger partial charge in [0.1, 0.15) is 29.0 Å². The molecule has 0 aliphatic carbocycles. The van der Waals surface area contributed by atoms with Gasteiger partial charge in [0, 0.05) is 23.9 Å². The number of hydrogen-bond donors (Lipinski definition) is 0. The summed E-state index contributed by atoms with van der Waals surface area (Å²) in [6.07, 6.45) is 4.21. The van der Waals surface area contributed by atoms with E-state index in [9.17, 15) is 9.18 Å². The summed E-state index contributed by atoms with van der Waals surface area (Å²) in [5.41, 5.74) is 4.57. The van der Waals surface area contributed by atoms with Crippen molar-refractivity contribution in [2.45, 2.75) is 52.2 Å². The molecule has 0 atom stereocenters. The van der Waals surface area contributed by atoms with Crippen LogP contribution < -0.4 is 4.74 Å². The molecule has 2 aromatic carbocycles. The van der Waals surface area contributed by atoms with E-state index in [0.29, 0.717) is 22.7 Å². The van der Waals surface area contributed by atoms with Crippen LogP contribution in [0.25, 0.3) is 21.6 Å². The summed E-state index contributed by atoms with van der Waals surface area (Å²) >= 11 is 1.41. The largest absolute Gasteiger partial charge is 0.496 e. The molecule has 8 heteroatoms. The number of rotatable bonds is 7. The molecule has 0 bridgehead atoms. The number of fused-ring (bicyclic) bond motifs is 3. The Labute approximate surface area is 201 Å². The van der Waals surface area contributed by atoms with Gasteiger partial charge < -0.3 is 14.0 Å². The number of benzene rings is 2. The Morgan fingerprint density at radius 1 is 1.18 bits per heavy atom. The predicted molar refractivity (Wildman–Crippen MR) is 130 cm³/mol. The summed E-state index contributed by atoms with van der Waals surface area (Å²) in [7, 11) is 1.50. The Morgan fingerprint density at radius 2 is 2.06 bits per heavy atom. The van der Waals surface area contributed by atoms with Crippen molar-refractivity contribution >= 4 is 28.3 Å². The predicted octanol–water partition coefficient (Wildman–Crippen LogP) is 5.49. The Kier molecular flexibility index (Phi) is 6.32. The molecule has 3 heterocycles. The monoisotopic (exact) mass is 479 g/mol. The van der Waals surface area contributed by atoms with Crippen LogP contribution in [0.15, 0.2) is 36.4 Å². The van der Waals surface area contributed by atoms with Crippen LogP contribution in [-0.4, -0.2) is 27.6 Å². The van der Waals surface area contributed by atoms with Gasteiger partial charge in [0.25, 0.3) is 0 Å². The second kappa shape index (κ2) is 9.54. The zero-order valence-corrected chi connectivity index (χ0v) is 20.1. The standard InChI is InChI=1S/C26H26FN3O3S/c1-3-19-23(34-26(29-19)18-9-8-17(27)13-22(18)32-2)14-25(31)33-15-16-7-10-21-20(12-16)28-24-6-4-5-11-30(21)24/h7-10,12-13H,3-6,11,14-15H2,1-2H3. The summed E-state index contributed by atoms with van der Waals surface area (Å²) in [5.74, 6) is 0.883. The smallest absolute Gasteiger partial charge is 0.311 e. The molecule has 0 spiro atoms. The Morgan fingerprint density at radius 3 is 2.88 bits per heavy atom. The topological polar surface area (TPSA) is 66.2 Å². The van der Waals surface area contributed by atoms with E-state index in [1.54, 1.807) is 6.07 Å². The number of nitrogens with zero attached hydrogens (tertiary/aromatic N) is 3. The molecule has 1 aliphatic heterocycles. The number of aromatic nitrogens is 3. The van der Waals surface area contributed by atoms with Crippen molar-refractivity contribution in [2.24, 2.45) is 0 Å². The molecule has 0 N–H and O–H groups in total. The fraction of sp³-hybridized carbons (Fsp3) is 0.346. The molecule has 2 aromatic heterocycles. The number of hydrogen-bond acceptors (Lipinski definition) is 6. The highest BCUT2D eigenvalue weighted by Crippen LogP contribution is 2.35. The first kappa shape index (κ1) is 22.5. The summed E-state index contributed by atoms with van der Waals surface area (Å²) in [5, 5.41) is 0.700. The second-order valence-corrected chi connectivity index (χ2v) is 9.47. The van der Waals surface area contributed by atoms with Gasteiger partial charge in [-0.15, -0.1) is 11.3 Å². The molecule has 1 aliphatic rings. The van der Waals surface area contributed by atoms with Crippen molar-refractivity contribution < 1.29 is 18.7 Å². The maximum atomic E-state index is 13.6. The van der Waals surface area contributed by atoms with E-state index in [4.69, 9.17) is 14.5 Å². The van der Waals surface area contributed by atoms with Gasteiger partial charge in [-0.1, -0.05) is 13.0 Å². The van der Waals surface area contributed by atoms with Gasteiger partial charge in [0.15, 0.2) is 0 Å². The minimum atomic E-state index is -0.370. The van der Waals surface area contributed by atoms with Crippen molar-refractivity contribution in [1.82, 2.24) is 14.5 Å². The summed E-state index contributed by atoms with van der Waals surface area (Å²) in [4.78, 5) is 22.9. The van der Waals surface area contributed by atoms with E-state index >= 15 is 0 Å². The first-order valence-corrected chi connectivity index (χ1v) is 12.3. The number of carbonyl (C=O) groups is 1. The lowest BCUT2D eigenvalue weighted by Gasteiger charge is -2.13. The van der Waals surface area contributed by atoms with Crippen LogP contribution in [0.2, 0.25) is 0 Å². The lowest BCUT2D eigenvalue weighted by molar-refractivity contribution is -0.144. The molecular weight excluding hydrogens is 453 g/mol. The van der Waals surface area contributed by atoms with E-state index in [1.165, 1.54) is 43.4 Å². The van der Waals surface area contributed by atoms with E-state index in [1.807, 2.05) is 19.1 Å². The molecule has 0 unspecified atom stereocenters. The average molecular weight is 480 g/mol. The normalized spacial score (nSPS) is 13.1. The molecule has 0 amide bonds. The molecule has 0 saturated heterocycles. The first-order valence-electron chi connectivity index (χ1n) is 11.5. The van der Waals surface area contributed by atoms with Crippen LogP contribution in [-0.2, 0) is 41.9 Å². The number of aryl methyl sites for hydroxylation is 3. The highest BCUT2D eigenvalue weighted by Gasteiger charge is 2.19. The molecule has 5 rings (SSSR count). The van der Waals surface area contributed by atoms with E-state index < -0.39 is 0 Å². The minimum absolute atomic E-state index is 0.144. The lowest BCUT2D eigenvalue weighted by atomic mass is 10.1. The van der Waals surface area contributed by atoms with Crippen LogP contribution in [0, 0.1) is 5.82 Å². The molecule has 176 valence electrons. The quantitative estimate of drug-likeness (QED) is 0.328. The second-order valence-electron chi connectivity index (χ2n) is 8.38. The van der Waals surface area contributed by atoms with Gasteiger partial charge in [-0.3, -0.25) is 4.79 Å². The van der Waals surface area contributed by atoms with Crippen LogP contribution in [0.4, 0.5) is 4.39 Å². The van der Waals surface area contributed by atoms with Gasteiger partial charge in [-0.2, -0.15) is 0 Å². The van der Waals surface area contributed by atoms with Crippen molar-refractivity contribution in [1.29, 1.82) is 0 Å². The molecule has 0 radical (unpaired) electrons. The van der Waals surface area contributed by atoms with Gasteiger partial charge in [0.2, 0.25) is 0 Å². The van der Waals surface area contributed by atoms with Gasteiger partial charge in [0.05, 0.1) is 35.8 Å². The molecule has 4 aromatic rings. The zero-order valence-electron chi connectivity index (χ0n) is 19.3. The van der Waals surface area contributed by atoms with Crippen LogP contribution in [0.1, 0.15) is 41.7 Å². The summed E-state index contributed by atoms with van der Waals surface area (Å²) in [6, 6.07) is 10.5. The number of esters is 1. The third-order valence-corrected chi connectivity index (χ3v) is 7.27. The van der Waals surface area contributed by atoms with Gasteiger partial charge >= 0.3 is 5.97 Å². The Balaban J connectivity index is 1.28. The average Bonchev–Trinajstić information content (AvgIpc) is 3.43. The minimum Gasteiger partial charge on any atom is -0.496 e. The Hall–Kier alpha value is -3.26. The van der Waals surface area contributed by atoms with Crippen LogP contribution in [0.3, 0.4) is 0 Å². The number of thiazole rings is 1. The SMILES string of the molecule is CCc1nc(-c2ccc(F)cc2OC)sc1CC(=O)OCc1ccc2c(c1)nc1n2CCCC1. The summed E-state index contributed by atoms with van der Waals surface area (Å²) in [6.45, 7) is 3.21. The van der Waals surface area contributed by atoms with Gasteiger partial charge in [-0.05, 0) is 49.1 Å². The highest BCUT2D eigenvalue weighted by atomic mass is 32.1. The van der Waals surface area contributed by atoms with Crippen molar-refractivity contribution in [3.8, 4) is 16.3 Å². The fourth-order valence-electron chi connectivity index (χ4n) is 4.41. The lowest BCUT2D eigenvalue weighted by Crippen LogP contribution is -2.10. The van der Waals surface area contributed by atoms with Crippen molar-refractivity contribution in [3.63, 3.8) is 0 Å². The highest BCUT2D eigenvalue weighted by molar-refractivity contribution is 7.15. The maximum absolute atomic E-state index is 13.6. The van der Waals surface area contributed by atoms with Gasteiger partial charge in [-0.25, -0.2) is 14.4 Å². The number of ether oxygens (including phenoxy) is 2. The van der Waals surface area contributed by atoms with Crippen LogP contribution in [0.5, 0.6) is 5.75 Å². The first-order chi connectivity index (χ1) is 16.6. The number of carbonyl (C=O) groups excluding carboxylic acids is 1. The number of halogens is 1. The fourth-order valence-corrected chi connectivity index (χ4v) is 5.57. The summed E-state index contributed by atoms with van der Waals surface area (Å²) < 4.78 is 26.8. The number of methoxy groups -OCH3 is 1. The van der Waals surface area contributed by atoms with E-state index in [-0.39, 0.29) is 24.8 Å². The molecule has 0 saturated carbocycles. The van der Waals surface area contributed by atoms with E-state index in [2.05, 4.69) is 15.6 Å². The zero-order chi connectivity index (χ0) is 23.7. The van der Waals surface area contributed by atoms with Crippen LogP contribution >= 0.6 is 11.3 Å². The van der Waals surface area contributed by atoms with E-state index in [0.717, 1.165) is 46.0 Å². The Bertz CT molecular complexity index is 1360. The molecular formula is C26H26FN3O3S.